The van der Waals surface area contributed by atoms with Crippen LogP contribution in [0.15, 0.2) is 24.7 Å². The van der Waals surface area contributed by atoms with Crippen LogP contribution in [-0.4, -0.2) is 25.7 Å². The number of hydrogen-bond donors (Lipinski definition) is 1. The van der Waals surface area contributed by atoms with Crippen LogP contribution in [0, 0.1) is 0 Å². The number of aromatic nitrogens is 3. The van der Waals surface area contributed by atoms with E-state index in [0.717, 1.165) is 0 Å². The Morgan fingerprint density at radius 3 is 3.08 bits per heavy atom. The molecule has 0 aliphatic rings. The Kier molecular flexibility index (Phi) is 1.30. The molecule has 0 saturated heterocycles. The zero-order chi connectivity index (χ0) is 8.55. The van der Waals surface area contributed by atoms with Crippen LogP contribution in [0.4, 0.5) is 0 Å². The van der Waals surface area contributed by atoms with Crippen molar-refractivity contribution in [1.29, 1.82) is 0 Å². The van der Waals surface area contributed by atoms with Gasteiger partial charge in [-0.25, -0.2) is 14.3 Å². The van der Waals surface area contributed by atoms with Crippen LogP contribution in [-0.2, 0) is 0 Å². The Bertz CT molecular complexity index is 435. The summed E-state index contributed by atoms with van der Waals surface area (Å²) in [5.41, 5.74) is 0.528. The topological polar surface area (TPSA) is 67.5 Å². The number of aromatic carboxylic acids is 1. The first-order valence-electron chi connectivity index (χ1n) is 3.30. The predicted molar refractivity (Wildman–Crippen MR) is 39.9 cm³/mol. The minimum absolute atomic E-state index is 0.0231. The molecule has 12 heavy (non-hydrogen) atoms. The van der Waals surface area contributed by atoms with E-state index in [1.165, 1.54) is 16.9 Å². The Labute approximate surface area is 67.3 Å². The summed E-state index contributed by atoms with van der Waals surface area (Å²) in [4.78, 5) is 14.3. The van der Waals surface area contributed by atoms with E-state index < -0.39 is 5.97 Å². The SMILES string of the molecule is O=C(O)c1nccn2nccc12. The van der Waals surface area contributed by atoms with E-state index in [4.69, 9.17) is 5.11 Å². The van der Waals surface area contributed by atoms with E-state index in [2.05, 4.69) is 10.1 Å². The van der Waals surface area contributed by atoms with E-state index in [-0.39, 0.29) is 5.69 Å². The molecule has 0 radical (unpaired) electrons. The first-order valence-corrected chi connectivity index (χ1v) is 3.30. The van der Waals surface area contributed by atoms with Gasteiger partial charge in [-0.3, -0.25) is 0 Å². The number of hydrogen-bond acceptors (Lipinski definition) is 3. The lowest BCUT2D eigenvalue weighted by Gasteiger charge is -1.95. The van der Waals surface area contributed by atoms with Crippen LogP contribution >= 0.6 is 0 Å². The van der Waals surface area contributed by atoms with Crippen molar-refractivity contribution < 1.29 is 9.90 Å². The summed E-state index contributed by atoms with van der Waals surface area (Å²) < 4.78 is 1.47. The molecule has 0 spiro atoms. The largest absolute Gasteiger partial charge is 0.476 e. The fourth-order valence-electron chi connectivity index (χ4n) is 1.02. The van der Waals surface area contributed by atoms with Crippen LogP contribution in [0.3, 0.4) is 0 Å². The normalized spacial score (nSPS) is 10.3. The number of fused-ring (bicyclic) bond motifs is 1. The van der Waals surface area contributed by atoms with Crippen LogP contribution in [0.25, 0.3) is 5.52 Å². The average Bonchev–Trinajstić information content (AvgIpc) is 2.49. The molecule has 1 N–H and O–H groups in total. The van der Waals surface area contributed by atoms with Gasteiger partial charge in [-0.05, 0) is 6.07 Å². The van der Waals surface area contributed by atoms with Crippen LogP contribution in [0.2, 0.25) is 0 Å². The monoisotopic (exact) mass is 163 g/mol. The van der Waals surface area contributed by atoms with Gasteiger partial charge in [0.05, 0.1) is 11.7 Å². The summed E-state index contributed by atoms with van der Waals surface area (Å²) in [5, 5.41) is 12.6. The highest BCUT2D eigenvalue weighted by Crippen LogP contribution is 2.05. The molecule has 2 rings (SSSR count). The fourth-order valence-corrected chi connectivity index (χ4v) is 1.02. The summed E-state index contributed by atoms with van der Waals surface area (Å²) in [6.07, 6.45) is 4.54. The quantitative estimate of drug-likeness (QED) is 0.661. The molecule has 2 heterocycles. The van der Waals surface area contributed by atoms with Crippen molar-refractivity contribution in [2.24, 2.45) is 0 Å². The minimum Gasteiger partial charge on any atom is -0.476 e. The van der Waals surface area contributed by atoms with Gasteiger partial charge in [0.25, 0.3) is 0 Å². The minimum atomic E-state index is -1.04. The van der Waals surface area contributed by atoms with Crippen LogP contribution < -0.4 is 0 Å². The Morgan fingerprint density at radius 1 is 1.50 bits per heavy atom. The van der Waals surface area contributed by atoms with E-state index in [0.29, 0.717) is 5.52 Å². The van der Waals surface area contributed by atoms with E-state index >= 15 is 0 Å². The maximum atomic E-state index is 10.6. The Balaban J connectivity index is 2.82. The lowest BCUT2D eigenvalue weighted by Crippen LogP contribution is -2.03. The summed E-state index contributed by atoms with van der Waals surface area (Å²) in [5.74, 6) is -1.04. The molecule has 2 aromatic rings. The van der Waals surface area contributed by atoms with E-state index in [9.17, 15) is 4.79 Å². The number of rotatable bonds is 1. The third-order valence-electron chi connectivity index (χ3n) is 1.53. The second-order valence-electron chi connectivity index (χ2n) is 2.24. The van der Waals surface area contributed by atoms with Crippen molar-refractivity contribution in [2.75, 3.05) is 0 Å². The van der Waals surface area contributed by atoms with Gasteiger partial charge in [-0.1, -0.05) is 0 Å². The molecule has 5 nitrogen and oxygen atoms in total. The Morgan fingerprint density at radius 2 is 2.33 bits per heavy atom. The molecule has 2 aromatic heterocycles. The smallest absolute Gasteiger partial charge is 0.356 e. The number of carboxylic acid groups (broad SMARTS) is 1. The second-order valence-corrected chi connectivity index (χ2v) is 2.24. The summed E-state index contributed by atoms with van der Waals surface area (Å²) in [6.45, 7) is 0. The van der Waals surface area contributed by atoms with Crippen LogP contribution in [0.5, 0.6) is 0 Å². The van der Waals surface area contributed by atoms with Crippen molar-refractivity contribution >= 4 is 11.5 Å². The first-order chi connectivity index (χ1) is 5.79. The van der Waals surface area contributed by atoms with E-state index in [1.807, 2.05) is 0 Å². The van der Waals surface area contributed by atoms with Gasteiger partial charge in [0.15, 0.2) is 5.69 Å². The van der Waals surface area contributed by atoms with E-state index in [1.54, 1.807) is 12.3 Å². The molecule has 0 amide bonds. The van der Waals surface area contributed by atoms with Crippen molar-refractivity contribution in [3.05, 3.63) is 30.4 Å². The van der Waals surface area contributed by atoms with Crippen LogP contribution in [0.1, 0.15) is 10.5 Å². The molecule has 0 saturated carbocycles. The number of nitrogens with zero attached hydrogens (tertiary/aromatic N) is 3. The molecule has 0 aliphatic carbocycles. The average molecular weight is 163 g/mol. The first kappa shape index (κ1) is 6.78. The molecule has 0 fully saturated rings. The number of carbonyl (C=O) groups is 1. The van der Waals surface area contributed by atoms with Gasteiger partial charge in [-0.2, -0.15) is 5.10 Å². The lowest BCUT2D eigenvalue weighted by molar-refractivity contribution is 0.0692. The van der Waals surface area contributed by atoms with Gasteiger partial charge in [0, 0.05) is 12.4 Å². The molecule has 0 bridgehead atoms. The predicted octanol–water partition coefficient (Wildman–Crippen LogP) is 0.427. The molecule has 5 heteroatoms. The summed E-state index contributed by atoms with van der Waals surface area (Å²) in [6, 6.07) is 1.61. The van der Waals surface area contributed by atoms with Crippen molar-refractivity contribution in [2.45, 2.75) is 0 Å². The molecular formula is C7H5N3O2. The summed E-state index contributed by atoms with van der Waals surface area (Å²) in [7, 11) is 0. The number of carboxylic acids is 1. The highest BCUT2D eigenvalue weighted by molar-refractivity contribution is 5.92. The third kappa shape index (κ3) is 0.833. The zero-order valence-electron chi connectivity index (χ0n) is 6.01. The van der Waals surface area contributed by atoms with Gasteiger partial charge in [0.1, 0.15) is 0 Å². The van der Waals surface area contributed by atoms with Crippen molar-refractivity contribution in [1.82, 2.24) is 14.6 Å². The molecular weight excluding hydrogens is 158 g/mol. The fraction of sp³-hybridized carbons (Fsp3) is 0. The maximum Gasteiger partial charge on any atom is 0.356 e. The van der Waals surface area contributed by atoms with Gasteiger partial charge in [-0.15, -0.1) is 0 Å². The molecule has 0 aromatic carbocycles. The molecule has 0 unspecified atom stereocenters. The Hall–Kier alpha value is -1.91. The second kappa shape index (κ2) is 2.30. The highest BCUT2D eigenvalue weighted by atomic mass is 16.4. The van der Waals surface area contributed by atoms with Gasteiger partial charge < -0.3 is 5.11 Å². The summed E-state index contributed by atoms with van der Waals surface area (Å²) >= 11 is 0. The molecule has 60 valence electrons. The molecule has 0 atom stereocenters. The third-order valence-corrected chi connectivity index (χ3v) is 1.53. The lowest BCUT2D eigenvalue weighted by atomic mass is 10.3. The standard InChI is InChI=1S/C7H5N3O2/c11-7(12)6-5-1-2-9-10(5)4-3-8-6/h1-4H,(H,11,12). The van der Waals surface area contributed by atoms with Crippen molar-refractivity contribution in [3.8, 4) is 0 Å². The highest BCUT2D eigenvalue weighted by Gasteiger charge is 2.09. The maximum absolute atomic E-state index is 10.6. The van der Waals surface area contributed by atoms with Gasteiger partial charge in [0.2, 0.25) is 0 Å². The molecule has 0 aliphatic heterocycles. The van der Waals surface area contributed by atoms with Gasteiger partial charge >= 0.3 is 5.97 Å². The van der Waals surface area contributed by atoms with Crippen molar-refractivity contribution in [3.63, 3.8) is 0 Å². The zero-order valence-corrected chi connectivity index (χ0v) is 6.01.